The molecular formula is C11H15N5. The van der Waals surface area contributed by atoms with Crippen LogP contribution in [0.15, 0.2) is 24.5 Å². The number of hydrogen-bond donors (Lipinski definition) is 1. The molecule has 16 heavy (non-hydrogen) atoms. The predicted octanol–water partition coefficient (Wildman–Crippen LogP) is 1.54. The van der Waals surface area contributed by atoms with Crippen LogP contribution in [0, 0.1) is 0 Å². The van der Waals surface area contributed by atoms with Crippen molar-refractivity contribution in [1.29, 1.82) is 0 Å². The van der Waals surface area contributed by atoms with E-state index < -0.39 is 0 Å². The molecule has 0 spiro atoms. The summed E-state index contributed by atoms with van der Waals surface area (Å²) in [6, 6.07) is 3.62. The molecule has 2 heterocycles. The average Bonchev–Trinajstić information content (AvgIpc) is 2.65. The van der Waals surface area contributed by atoms with Gasteiger partial charge in [-0.15, -0.1) is 0 Å². The molecule has 5 nitrogen and oxygen atoms in total. The van der Waals surface area contributed by atoms with Crippen molar-refractivity contribution in [2.75, 3.05) is 5.73 Å². The minimum atomic E-state index is -0.00946. The Morgan fingerprint density at radius 2 is 1.94 bits per heavy atom. The number of rotatable bonds is 1. The van der Waals surface area contributed by atoms with E-state index in [0.717, 1.165) is 5.69 Å². The van der Waals surface area contributed by atoms with Gasteiger partial charge in [0.1, 0.15) is 5.82 Å². The normalized spacial score (nSPS) is 11.7. The summed E-state index contributed by atoms with van der Waals surface area (Å²) >= 11 is 0. The fourth-order valence-corrected chi connectivity index (χ4v) is 1.49. The van der Waals surface area contributed by atoms with Crippen LogP contribution in [-0.2, 0) is 5.41 Å². The zero-order valence-electron chi connectivity index (χ0n) is 9.68. The molecular weight excluding hydrogens is 202 g/mol. The Kier molecular flexibility index (Phi) is 2.38. The predicted molar refractivity (Wildman–Crippen MR) is 62.3 cm³/mol. The lowest BCUT2D eigenvalue weighted by Gasteiger charge is -2.19. The zero-order chi connectivity index (χ0) is 11.8. The Labute approximate surface area is 94.3 Å². The van der Waals surface area contributed by atoms with Gasteiger partial charge in [0.25, 0.3) is 5.95 Å². The first kappa shape index (κ1) is 10.6. The zero-order valence-corrected chi connectivity index (χ0v) is 9.68. The van der Waals surface area contributed by atoms with Crippen LogP contribution in [-0.4, -0.2) is 19.7 Å². The van der Waals surface area contributed by atoms with Crippen LogP contribution in [0.4, 0.5) is 5.82 Å². The summed E-state index contributed by atoms with van der Waals surface area (Å²) in [6.07, 6.45) is 3.37. The van der Waals surface area contributed by atoms with Gasteiger partial charge in [-0.2, -0.15) is 10.1 Å². The van der Waals surface area contributed by atoms with Gasteiger partial charge in [-0.25, -0.2) is 9.67 Å². The summed E-state index contributed by atoms with van der Waals surface area (Å²) < 4.78 is 1.72. The maximum Gasteiger partial charge on any atom is 0.252 e. The standard InChI is InChI=1S/C11H15N5/c1-11(2,3)8-4-7-14-16(8)10-13-6-5-9(12)15-10/h4-7H,1-3H3,(H2,12,13,15). The van der Waals surface area contributed by atoms with Gasteiger partial charge in [-0.3, -0.25) is 0 Å². The fraction of sp³-hybridized carbons (Fsp3) is 0.364. The Hall–Kier alpha value is -1.91. The lowest BCUT2D eigenvalue weighted by atomic mass is 9.92. The van der Waals surface area contributed by atoms with E-state index in [9.17, 15) is 0 Å². The van der Waals surface area contributed by atoms with Crippen LogP contribution in [0.25, 0.3) is 5.95 Å². The van der Waals surface area contributed by atoms with Crippen LogP contribution < -0.4 is 5.73 Å². The summed E-state index contributed by atoms with van der Waals surface area (Å²) in [5, 5.41) is 4.23. The van der Waals surface area contributed by atoms with E-state index in [0.29, 0.717) is 11.8 Å². The smallest absolute Gasteiger partial charge is 0.252 e. The van der Waals surface area contributed by atoms with E-state index in [1.807, 2.05) is 6.07 Å². The Bertz CT molecular complexity index is 495. The van der Waals surface area contributed by atoms with Crippen molar-refractivity contribution < 1.29 is 0 Å². The van der Waals surface area contributed by atoms with E-state index in [1.54, 1.807) is 23.1 Å². The van der Waals surface area contributed by atoms with E-state index in [4.69, 9.17) is 5.73 Å². The molecule has 0 aromatic carbocycles. The van der Waals surface area contributed by atoms with Gasteiger partial charge in [0.05, 0.1) is 5.69 Å². The first-order valence-corrected chi connectivity index (χ1v) is 5.12. The minimum absolute atomic E-state index is 0.00946. The summed E-state index contributed by atoms with van der Waals surface area (Å²) in [6.45, 7) is 6.35. The third kappa shape index (κ3) is 1.88. The SMILES string of the molecule is CC(C)(C)c1ccnn1-c1nccc(N)n1. The molecule has 2 N–H and O–H groups in total. The molecule has 0 saturated carbocycles. The van der Waals surface area contributed by atoms with Crippen molar-refractivity contribution in [2.24, 2.45) is 0 Å². The molecule has 0 aliphatic carbocycles. The van der Waals surface area contributed by atoms with Gasteiger partial charge >= 0.3 is 0 Å². The highest BCUT2D eigenvalue weighted by molar-refractivity contribution is 5.31. The highest BCUT2D eigenvalue weighted by atomic mass is 15.4. The molecule has 0 atom stereocenters. The molecule has 0 aliphatic heterocycles. The third-order valence-electron chi connectivity index (χ3n) is 2.26. The van der Waals surface area contributed by atoms with E-state index in [1.165, 1.54) is 0 Å². The molecule has 0 amide bonds. The number of nitrogen functional groups attached to an aromatic ring is 1. The second-order valence-corrected chi connectivity index (χ2v) is 4.66. The van der Waals surface area contributed by atoms with Crippen molar-refractivity contribution in [2.45, 2.75) is 26.2 Å². The topological polar surface area (TPSA) is 69.6 Å². The van der Waals surface area contributed by atoms with Crippen molar-refractivity contribution in [3.8, 4) is 5.95 Å². The largest absolute Gasteiger partial charge is 0.384 e. The lowest BCUT2D eigenvalue weighted by molar-refractivity contribution is 0.537. The molecule has 0 aliphatic rings. The minimum Gasteiger partial charge on any atom is -0.384 e. The van der Waals surface area contributed by atoms with Gasteiger partial charge in [0, 0.05) is 17.8 Å². The fourth-order valence-electron chi connectivity index (χ4n) is 1.49. The van der Waals surface area contributed by atoms with Gasteiger partial charge in [-0.1, -0.05) is 20.8 Å². The Balaban J connectivity index is 2.53. The molecule has 2 aromatic rings. The van der Waals surface area contributed by atoms with Crippen molar-refractivity contribution in [3.05, 3.63) is 30.2 Å². The van der Waals surface area contributed by atoms with Crippen LogP contribution >= 0.6 is 0 Å². The summed E-state index contributed by atoms with van der Waals surface area (Å²) in [5.74, 6) is 0.954. The van der Waals surface area contributed by atoms with E-state index in [2.05, 4.69) is 35.8 Å². The van der Waals surface area contributed by atoms with Crippen molar-refractivity contribution in [3.63, 3.8) is 0 Å². The number of hydrogen-bond acceptors (Lipinski definition) is 4. The Morgan fingerprint density at radius 1 is 1.19 bits per heavy atom. The number of anilines is 1. The van der Waals surface area contributed by atoms with Crippen LogP contribution in [0.1, 0.15) is 26.5 Å². The molecule has 0 radical (unpaired) electrons. The number of nitrogens with two attached hydrogens (primary N) is 1. The number of nitrogens with zero attached hydrogens (tertiary/aromatic N) is 4. The summed E-state index contributed by atoms with van der Waals surface area (Å²) in [5.41, 5.74) is 6.68. The van der Waals surface area contributed by atoms with E-state index in [-0.39, 0.29) is 5.41 Å². The first-order valence-electron chi connectivity index (χ1n) is 5.12. The maximum atomic E-state index is 5.63. The van der Waals surface area contributed by atoms with Gasteiger partial charge in [-0.05, 0) is 12.1 Å². The number of aromatic nitrogens is 4. The van der Waals surface area contributed by atoms with Crippen molar-refractivity contribution in [1.82, 2.24) is 19.7 Å². The molecule has 84 valence electrons. The van der Waals surface area contributed by atoms with Crippen LogP contribution in [0.2, 0.25) is 0 Å². The first-order chi connectivity index (χ1) is 7.48. The molecule has 0 fully saturated rings. The highest BCUT2D eigenvalue weighted by Gasteiger charge is 2.20. The van der Waals surface area contributed by atoms with Gasteiger partial charge in [0.15, 0.2) is 0 Å². The second-order valence-electron chi connectivity index (χ2n) is 4.66. The molecule has 0 unspecified atom stereocenters. The van der Waals surface area contributed by atoms with E-state index >= 15 is 0 Å². The lowest BCUT2D eigenvalue weighted by Crippen LogP contribution is -2.19. The molecule has 2 rings (SSSR count). The monoisotopic (exact) mass is 217 g/mol. The quantitative estimate of drug-likeness (QED) is 0.786. The molecule has 0 bridgehead atoms. The van der Waals surface area contributed by atoms with Crippen LogP contribution in [0.5, 0.6) is 0 Å². The second kappa shape index (κ2) is 3.59. The van der Waals surface area contributed by atoms with Crippen LogP contribution in [0.3, 0.4) is 0 Å². The summed E-state index contributed by atoms with van der Waals surface area (Å²) in [7, 11) is 0. The third-order valence-corrected chi connectivity index (χ3v) is 2.26. The van der Waals surface area contributed by atoms with Gasteiger partial charge in [0.2, 0.25) is 0 Å². The molecule has 5 heteroatoms. The average molecular weight is 217 g/mol. The maximum absolute atomic E-state index is 5.63. The summed E-state index contributed by atoms with van der Waals surface area (Å²) in [4.78, 5) is 8.32. The van der Waals surface area contributed by atoms with Gasteiger partial charge < -0.3 is 5.73 Å². The Morgan fingerprint density at radius 3 is 2.56 bits per heavy atom. The molecule has 0 saturated heterocycles. The highest BCUT2D eigenvalue weighted by Crippen LogP contribution is 2.23. The van der Waals surface area contributed by atoms with Crippen molar-refractivity contribution >= 4 is 5.82 Å². The molecule has 2 aromatic heterocycles.